The number of rotatable bonds is 5. The lowest BCUT2D eigenvalue weighted by Crippen LogP contribution is -2.18. The summed E-state index contributed by atoms with van der Waals surface area (Å²) in [7, 11) is 0. The average molecular weight is 440 g/mol. The van der Waals surface area contributed by atoms with Gasteiger partial charge in [-0.1, -0.05) is 38.1 Å². The maximum Gasteiger partial charge on any atom is 0.573 e. The number of hydrogen-bond donors (Lipinski definition) is 1. The monoisotopic (exact) mass is 440 g/mol. The Hall–Kier alpha value is -3.42. The van der Waals surface area contributed by atoms with Gasteiger partial charge >= 0.3 is 6.36 Å². The van der Waals surface area contributed by atoms with E-state index in [0.29, 0.717) is 23.6 Å². The third-order valence-electron chi connectivity index (χ3n) is 5.36. The number of nitrogens with zero attached hydrogens (tertiary/aromatic N) is 3. The van der Waals surface area contributed by atoms with Crippen LogP contribution in [0.5, 0.6) is 5.75 Å². The fraction of sp³-hybridized carbons (Fsp3) is 0.292. The molecule has 1 N–H and O–H groups in total. The van der Waals surface area contributed by atoms with Gasteiger partial charge in [-0.15, -0.1) is 13.2 Å². The van der Waals surface area contributed by atoms with Crippen molar-refractivity contribution in [3.05, 3.63) is 59.7 Å². The zero-order chi connectivity index (χ0) is 22.9. The third-order valence-corrected chi connectivity index (χ3v) is 5.36. The van der Waals surface area contributed by atoms with Crippen LogP contribution in [0, 0.1) is 0 Å². The van der Waals surface area contributed by atoms with E-state index in [1.807, 2.05) is 38.1 Å². The highest BCUT2D eigenvalue weighted by atomic mass is 19.4. The molecule has 0 amide bonds. The molecule has 0 spiro atoms. The Morgan fingerprint density at radius 3 is 2.50 bits per heavy atom. The van der Waals surface area contributed by atoms with Gasteiger partial charge in [0.15, 0.2) is 5.82 Å². The number of ether oxygens (including phenoxy) is 1. The van der Waals surface area contributed by atoms with Gasteiger partial charge < -0.3 is 10.1 Å². The second-order valence-electron chi connectivity index (χ2n) is 7.56. The van der Waals surface area contributed by atoms with Crippen LogP contribution in [-0.4, -0.2) is 28.2 Å². The summed E-state index contributed by atoms with van der Waals surface area (Å²) in [6, 6.07) is 11.8. The first-order chi connectivity index (χ1) is 15.3. The molecule has 1 aliphatic heterocycles. The standard InChI is InChI=1S/C24H23F3N4O/c1-4-15-9-8-11-17-21(15)30-22(16-10-6-7-12-19(16)32-24(25,26)27)31-23(17)29-20-13-14(3)18(5-2)28-20/h6-13,18H,4-5H2,1-3H3,(H,28,29,30,31). The van der Waals surface area contributed by atoms with E-state index in [1.165, 1.54) is 18.2 Å². The van der Waals surface area contributed by atoms with E-state index in [2.05, 4.69) is 31.9 Å². The molecule has 0 radical (unpaired) electrons. The highest BCUT2D eigenvalue weighted by molar-refractivity contribution is 6.09. The predicted octanol–water partition coefficient (Wildman–Crippen LogP) is 6.31. The predicted molar refractivity (Wildman–Crippen MR) is 120 cm³/mol. The van der Waals surface area contributed by atoms with Crippen LogP contribution in [0.25, 0.3) is 22.3 Å². The number of hydrogen-bond acceptors (Lipinski definition) is 5. The van der Waals surface area contributed by atoms with Crippen LogP contribution in [0.2, 0.25) is 0 Å². The van der Waals surface area contributed by atoms with E-state index in [0.717, 1.165) is 22.9 Å². The number of benzene rings is 2. The van der Waals surface area contributed by atoms with E-state index < -0.39 is 6.36 Å². The van der Waals surface area contributed by atoms with Crippen molar-refractivity contribution in [2.45, 2.75) is 46.0 Å². The van der Waals surface area contributed by atoms with Crippen LogP contribution in [0.4, 0.5) is 19.0 Å². The summed E-state index contributed by atoms with van der Waals surface area (Å²) in [4.78, 5) is 13.9. The molecular weight excluding hydrogens is 417 g/mol. The van der Waals surface area contributed by atoms with Crippen LogP contribution in [-0.2, 0) is 6.42 Å². The molecule has 0 saturated carbocycles. The summed E-state index contributed by atoms with van der Waals surface area (Å²) in [6.07, 6.45) is -1.26. The highest BCUT2D eigenvalue weighted by Gasteiger charge is 2.32. The summed E-state index contributed by atoms with van der Waals surface area (Å²) in [5, 5.41) is 4.04. The number of anilines is 1. The minimum Gasteiger partial charge on any atom is -0.405 e. The van der Waals surface area contributed by atoms with E-state index in [1.54, 1.807) is 6.07 Å². The SMILES string of the molecule is CCc1cccc2c(NC3=NC(CC)C(C)=C3)nc(-c3ccccc3OC(F)(F)F)nc12. The van der Waals surface area contributed by atoms with E-state index >= 15 is 0 Å². The molecule has 0 saturated heterocycles. The smallest absolute Gasteiger partial charge is 0.405 e. The van der Waals surface area contributed by atoms with E-state index in [-0.39, 0.29) is 23.2 Å². The largest absolute Gasteiger partial charge is 0.573 e. The molecule has 1 unspecified atom stereocenters. The highest BCUT2D eigenvalue weighted by Crippen LogP contribution is 2.35. The van der Waals surface area contributed by atoms with Crippen molar-refractivity contribution >= 4 is 22.6 Å². The number of aromatic nitrogens is 2. The molecular formula is C24H23F3N4O. The van der Waals surface area contributed by atoms with Crippen molar-refractivity contribution < 1.29 is 17.9 Å². The molecule has 2 heterocycles. The van der Waals surface area contributed by atoms with Gasteiger partial charge in [0.25, 0.3) is 0 Å². The Morgan fingerprint density at radius 2 is 1.81 bits per heavy atom. The molecule has 166 valence electrons. The van der Waals surface area contributed by atoms with Gasteiger partial charge in [0.05, 0.1) is 17.1 Å². The van der Waals surface area contributed by atoms with E-state index in [4.69, 9.17) is 0 Å². The van der Waals surface area contributed by atoms with Crippen LogP contribution in [0.3, 0.4) is 0 Å². The minimum absolute atomic E-state index is 0.109. The fourth-order valence-corrected chi connectivity index (χ4v) is 3.80. The molecule has 8 heteroatoms. The first-order valence-electron chi connectivity index (χ1n) is 10.5. The Balaban J connectivity index is 1.88. The number of alkyl halides is 3. The fourth-order valence-electron chi connectivity index (χ4n) is 3.80. The normalized spacial score (nSPS) is 16.1. The second-order valence-corrected chi connectivity index (χ2v) is 7.56. The van der Waals surface area contributed by atoms with Crippen molar-refractivity contribution in [2.24, 2.45) is 4.99 Å². The summed E-state index contributed by atoms with van der Waals surface area (Å²) in [5.41, 5.74) is 2.95. The molecule has 0 fully saturated rings. The number of aryl methyl sites for hydroxylation is 1. The Kier molecular flexibility index (Phi) is 5.86. The van der Waals surface area contributed by atoms with Gasteiger partial charge in [0.2, 0.25) is 0 Å². The summed E-state index contributed by atoms with van der Waals surface area (Å²) in [5.74, 6) is 0.954. The van der Waals surface area contributed by atoms with Crippen molar-refractivity contribution in [1.29, 1.82) is 0 Å². The Bertz CT molecular complexity index is 1220. The number of halogens is 3. The van der Waals surface area contributed by atoms with Crippen LogP contribution < -0.4 is 10.1 Å². The first kappa shape index (κ1) is 21.8. The lowest BCUT2D eigenvalue weighted by Gasteiger charge is -2.15. The quantitative estimate of drug-likeness (QED) is 0.505. The van der Waals surface area contributed by atoms with Gasteiger partial charge in [-0.05, 0) is 55.2 Å². The van der Waals surface area contributed by atoms with Crippen molar-refractivity contribution in [3.63, 3.8) is 0 Å². The number of para-hydroxylation sites is 2. The summed E-state index contributed by atoms with van der Waals surface area (Å²) < 4.78 is 43.1. The number of aliphatic imine (C=N–C) groups is 1. The zero-order valence-electron chi connectivity index (χ0n) is 18.0. The molecule has 1 atom stereocenters. The Morgan fingerprint density at radius 1 is 1.03 bits per heavy atom. The van der Waals surface area contributed by atoms with Gasteiger partial charge in [-0.2, -0.15) is 0 Å². The zero-order valence-corrected chi connectivity index (χ0v) is 18.0. The topological polar surface area (TPSA) is 59.4 Å². The van der Waals surface area contributed by atoms with Crippen LogP contribution >= 0.6 is 0 Å². The number of fused-ring (bicyclic) bond motifs is 1. The maximum atomic E-state index is 13.0. The average Bonchev–Trinajstić information content (AvgIpc) is 3.11. The van der Waals surface area contributed by atoms with Crippen LogP contribution in [0.15, 0.2) is 59.1 Å². The van der Waals surface area contributed by atoms with E-state index in [9.17, 15) is 13.2 Å². The van der Waals surface area contributed by atoms with Gasteiger partial charge in [0.1, 0.15) is 17.4 Å². The van der Waals surface area contributed by atoms with Crippen LogP contribution in [0.1, 0.15) is 32.8 Å². The molecule has 1 aromatic heterocycles. The second kappa shape index (κ2) is 8.61. The Labute approximate surface area is 184 Å². The number of nitrogens with one attached hydrogen (secondary N) is 1. The number of amidine groups is 1. The molecule has 0 aliphatic carbocycles. The van der Waals surface area contributed by atoms with Crippen molar-refractivity contribution in [3.8, 4) is 17.1 Å². The third kappa shape index (κ3) is 4.44. The molecule has 2 aromatic carbocycles. The van der Waals surface area contributed by atoms with Gasteiger partial charge in [-0.25, -0.2) is 9.97 Å². The molecule has 1 aliphatic rings. The molecule has 3 aromatic rings. The minimum atomic E-state index is -4.82. The lowest BCUT2D eigenvalue weighted by atomic mass is 10.1. The summed E-state index contributed by atoms with van der Waals surface area (Å²) in [6.45, 7) is 6.09. The lowest BCUT2D eigenvalue weighted by molar-refractivity contribution is -0.274. The van der Waals surface area contributed by atoms with Crippen molar-refractivity contribution in [1.82, 2.24) is 9.97 Å². The van der Waals surface area contributed by atoms with Crippen molar-refractivity contribution in [2.75, 3.05) is 5.32 Å². The maximum absolute atomic E-state index is 13.0. The molecule has 5 nitrogen and oxygen atoms in total. The van der Waals surface area contributed by atoms with Gasteiger partial charge in [-0.3, -0.25) is 4.99 Å². The summed E-state index contributed by atoms with van der Waals surface area (Å²) >= 11 is 0. The molecule has 4 rings (SSSR count). The molecule has 32 heavy (non-hydrogen) atoms. The first-order valence-corrected chi connectivity index (χ1v) is 10.5. The van der Waals surface area contributed by atoms with Gasteiger partial charge in [0, 0.05) is 5.39 Å². The molecule has 0 bridgehead atoms.